The van der Waals surface area contributed by atoms with Crippen molar-refractivity contribution in [3.63, 3.8) is 0 Å². The molecule has 0 amide bonds. The molecule has 116 valence electrons. The van der Waals surface area contributed by atoms with Gasteiger partial charge in [-0.15, -0.1) is 11.6 Å². The number of nitrogens with zero attached hydrogens (tertiary/aromatic N) is 1. The Bertz CT molecular complexity index is 657. The molecule has 0 aliphatic heterocycles. The van der Waals surface area contributed by atoms with Gasteiger partial charge in [-0.1, -0.05) is 0 Å². The standard InChI is InChI=1S/C14H16ClF2NO2S/c15-7-11-12(16)5-6-13(14(11)17)21(19,20)18(10-3-4-10)8-9-1-2-9/h5-6,9-10H,1-4,7-8H2. The molecule has 2 aliphatic carbocycles. The van der Waals surface area contributed by atoms with E-state index < -0.39 is 32.4 Å². The van der Waals surface area contributed by atoms with Gasteiger partial charge in [-0.25, -0.2) is 17.2 Å². The Morgan fingerprint density at radius 3 is 2.38 bits per heavy atom. The van der Waals surface area contributed by atoms with Crippen LogP contribution < -0.4 is 0 Å². The largest absolute Gasteiger partial charge is 0.246 e. The van der Waals surface area contributed by atoms with Crippen molar-refractivity contribution in [3.8, 4) is 0 Å². The van der Waals surface area contributed by atoms with Crippen LogP contribution in [0.5, 0.6) is 0 Å². The molecule has 7 heteroatoms. The van der Waals surface area contributed by atoms with Gasteiger partial charge in [-0.3, -0.25) is 0 Å². The maximum Gasteiger partial charge on any atom is 0.246 e. The summed E-state index contributed by atoms with van der Waals surface area (Å²) >= 11 is 5.52. The monoisotopic (exact) mass is 335 g/mol. The Labute approximate surface area is 127 Å². The molecule has 1 aromatic carbocycles. The lowest BCUT2D eigenvalue weighted by Gasteiger charge is -2.22. The predicted molar refractivity (Wildman–Crippen MR) is 75.6 cm³/mol. The van der Waals surface area contributed by atoms with Crippen LogP contribution in [0.15, 0.2) is 17.0 Å². The van der Waals surface area contributed by atoms with Gasteiger partial charge in [0.1, 0.15) is 10.7 Å². The van der Waals surface area contributed by atoms with E-state index in [-0.39, 0.29) is 11.6 Å². The number of rotatable bonds is 6. The third kappa shape index (κ3) is 2.94. The zero-order valence-corrected chi connectivity index (χ0v) is 12.9. The molecule has 0 spiro atoms. The molecule has 2 aliphatic rings. The second kappa shape index (κ2) is 5.48. The summed E-state index contributed by atoms with van der Waals surface area (Å²) in [6.45, 7) is 0.431. The molecular formula is C14H16ClF2NO2S. The maximum absolute atomic E-state index is 14.3. The number of benzene rings is 1. The van der Waals surface area contributed by atoms with Crippen molar-refractivity contribution in [2.75, 3.05) is 6.54 Å². The highest BCUT2D eigenvalue weighted by atomic mass is 35.5. The van der Waals surface area contributed by atoms with Crippen molar-refractivity contribution in [1.29, 1.82) is 0 Å². The molecule has 0 unspecified atom stereocenters. The molecule has 3 rings (SSSR count). The van der Waals surface area contributed by atoms with Gasteiger partial charge in [-0.2, -0.15) is 4.31 Å². The van der Waals surface area contributed by atoms with Crippen molar-refractivity contribution < 1.29 is 17.2 Å². The molecule has 0 saturated heterocycles. The zero-order valence-electron chi connectivity index (χ0n) is 11.4. The van der Waals surface area contributed by atoms with E-state index in [9.17, 15) is 17.2 Å². The summed E-state index contributed by atoms with van der Waals surface area (Å²) in [5.41, 5.74) is -0.389. The van der Waals surface area contributed by atoms with Crippen LogP contribution in [-0.4, -0.2) is 25.3 Å². The summed E-state index contributed by atoms with van der Waals surface area (Å²) in [4.78, 5) is -0.466. The van der Waals surface area contributed by atoms with Gasteiger partial charge in [0.15, 0.2) is 5.82 Å². The summed E-state index contributed by atoms with van der Waals surface area (Å²) in [6, 6.07) is 1.92. The Balaban J connectivity index is 2.00. The smallest absolute Gasteiger partial charge is 0.207 e. The van der Waals surface area contributed by atoms with Crippen LogP contribution in [0.3, 0.4) is 0 Å². The number of alkyl halides is 1. The van der Waals surface area contributed by atoms with Crippen LogP contribution in [0.2, 0.25) is 0 Å². The van der Waals surface area contributed by atoms with E-state index in [2.05, 4.69) is 0 Å². The second-order valence-electron chi connectivity index (χ2n) is 5.72. The first kappa shape index (κ1) is 15.2. The van der Waals surface area contributed by atoms with Crippen molar-refractivity contribution in [1.82, 2.24) is 4.31 Å². The normalized spacial score (nSPS) is 19.2. The average molecular weight is 336 g/mol. The summed E-state index contributed by atoms with van der Waals surface area (Å²) < 4.78 is 54.6. The van der Waals surface area contributed by atoms with E-state index in [1.165, 1.54) is 4.31 Å². The molecule has 0 atom stereocenters. The van der Waals surface area contributed by atoms with Crippen molar-refractivity contribution in [2.24, 2.45) is 5.92 Å². The highest BCUT2D eigenvalue weighted by Crippen LogP contribution is 2.38. The highest BCUT2D eigenvalue weighted by Gasteiger charge is 2.42. The Kier molecular flexibility index (Phi) is 3.96. The molecular weight excluding hydrogens is 320 g/mol. The number of hydrogen-bond donors (Lipinski definition) is 0. The molecule has 0 radical (unpaired) electrons. The predicted octanol–water partition coefficient (Wildman–Crippen LogP) is 3.27. The molecule has 2 fully saturated rings. The number of sulfonamides is 1. The third-order valence-corrected chi connectivity index (χ3v) is 6.16. The first-order valence-corrected chi connectivity index (χ1v) is 8.97. The van der Waals surface area contributed by atoms with Gasteiger partial charge in [-0.05, 0) is 43.7 Å². The summed E-state index contributed by atoms with van der Waals surface area (Å²) in [6.07, 6.45) is 3.63. The summed E-state index contributed by atoms with van der Waals surface area (Å²) in [5, 5.41) is 0. The van der Waals surface area contributed by atoms with E-state index in [4.69, 9.17) is 11.6 Å². The Morgan fingerprint density at radius 2 is 1.86 bits per heavy atom. The van der Waals surface area contributed by atoms with Gasteiger partial charge in [0.2, 0.25) is 10.0 Å². The minimum absolute atomic E-state index is 0.0421. The van der Waals surface area contributed by atoms with E-state index in [0.717, 1.165) is 37.8 Å². The molecule has 0 aromatic heterocycles. The average Bonchev–Trinajstić information content (AvgIpc) is 3.29. The minimum Gasteiger partial charge on any atom is -0.207 e. The van der Waals surface area contributed by atoms with Crippen LogP contribution in [0.1, 0.15) is 31.2 Å². The van der Waals surface area contributed by atoms with E-state index in [1.54, 1.807) is 0 Å². The van der Waals surface area contributed by atoms with Gasteiger partial charge in [0, 0.05) is 18.2 Å². The molecule has 21 heavy (non-hydrogen) atoms. The lowest BCUT2D eigenvalue weighted by atomic mass is 10.2. The zero-order chi connectivity index (χ0) is 15.2. The molecule has 1 aromatic rings. The topological polar surface area (TPSA) is 37.4 Å². The SMILES string of the molecule is O=S(=O)(c1ccc(F)c(CCl)c1F)N(CC1CC1)C1CC1. The van der Waals surface area contributed by atoms with E-state index in [0.29, 0.717) is 12.5 Å². The van der Waals surface area contributed by atoms with Crippen LogP contribution in [-0.2, 0) is 15.9 Å². The lowest BCUT2D eigenvalue weighted by Crippen LogP contribution is -2.35. The first-order valence-electron chi connectivity index (χ1n) is 7.00. The van der Waals surface area contributed by atoms with Gasteiger partial charge in [0.25, 0.3) is 0 Å². The second-order valence-corrected chi connectivity index (χ2v) is 7.85. The fourth-order valence-corrected chi connectivity index (χ4v) is 4.48. The lowest BCUT2D eigenvalue weighted by molar-refractivity contribution is 0.385. The molecule has 0 bridgehead atoms. The molecule has 3 nitrogen and oxygen atoms in total. The first-order chi connectivity index (χ1) is 9.95. The van der Waals surface area contributed by atoms with Crippen LogP contribution >= 0.6 is 11.6 Å². The van der Waals surface area contributed by atoms with Gasteiger partial charge >= 0.3 is 0 Å². The fraction of sp³-hybridized carbons (Fsp3) is 0.571. The number of hydrogen-bond acceptors (Lipinski definition) is 2. The molecule has 0 heterocycles. The van der Waals surface area contributed by atoms with Crippen LogP contribution in [0, 0.1) is 17.6 Å². The maximum atomic E-state index is 14.3. The highest BCUT2D eigenvalue weighted by molar-refractivity contribution is 7.89. The fourth-order valence-electron chi connectivity index (χ4n) is 2.39. The third-order valence-electron chi connectivity index (χ3n) is 3.96. The minimum atomic E-state index is -3.94. The quantitative estimate of drug-likeness (QED) is 0.748. The summed E-state index contributed by atoms with van der Waals surface area (Å²) in [7, 11) is -3.94. The van der Waals surface area contributed by atoms with Crippen molar-refractivity contribution in [2.45, 2.75) is 42.5 Å². The van der Waals surface area contributed by atoms with Crippen LogP contribution in [0.4, 0.5) is 8.78 Å². The van der Waals surface area contributed by atoms with Crippen molar-refractivity contribution >= 4 is 21.6 Å². The number of halogens is 3. The van der Waals surface area contributed by atoms with Gasteiger partial charge in [0.05, 0.1) is 5.88 Å². The van der Waals surface area contributed by atoms with E-state index in [1.807, 2.05) is 0 Å². The molecule has 0 N–H and O–H groups in total. The summed E-state index contributed by atoms with van der Waals surface area (Å²) in [5.74, 6) is -1.91. The van der Waals surface area contributed by atoms with Gasteiger partial charge < -0.3 is 0 Å². The molecule has 2 saturated carbocycles. The Morgan fingerprint density at radius 1 is 1.19 bits per heavy atom. The van der Waals surface area contributed by atoms with E-state index >= 15 is 0 Å². The van der Waals surface area contributed by atoms with Crippen molar-refractivity contribution in [3.05, 3.63) is 29.3 Å². The Hall–Kier alpha value is -0.720. The van der Waals surface area contributed by atoms with Crippen LogP contribution in [0.25, 0.3) is 0 Å².